The Morgan fingerprint density at radius 1 is 1.00 bits per heavy atom. The molecule has 3 nitrogen and oxygen atoms in total. The zero-order valence-corrected chi connectivity index (χ0v) is 19.7. The van der Waals surface area contributed by atoms with E-state index in [2.05, 4.69) is 18.8 Å². The minimum atomic E-state index is -0.719. The third-order valence-electron chi connectivity index (χ3n) is 10.7. The van der Waals surface area contributed by atoms with Crippen LogP contribution in [0, 0.1) is 41.4 Å². The molecular weight excluding hydrogens is 382 g/mol. The Hall–Kier alpha value is -1.35. The fourth-order valence-electron chi connectivity index (χ4n) is 8.74. The normalized spacial score (nSPS) is 44.6. The summed E-state index contributed by atoms with van der Waals surface area (Å²) in [6.45, 7) is 7.46. The van der Waals surface area contributed by atoms with E-state index in [1.54, 1.807) is 12.3 Å². The lowest BCUT2D eigenvalue weighted by Crippen LogP contribution is -2.56. The summed E-state index contributed by atoms with van der Waals surface area (Å²) < 4.78 is 0. The first-order valence-electron chi connectivity index (χ1n) is 12.8. The number of nitrogens with zero attached hydrogens (tertiary/aromatic N) is 1. The molecule has 4 aliphatic rings. The molecule has 1 aromatic rings. The van der Waals surface area contributed by atoms with E-state index >= 15 is 0 Å². The summed E-state index contributed by atoms with van der Waals surface area (Å²) in [5.74, 6) is 3.49. The van der Waals surface area contributed by atoms with Gasteiger partial charge in [0.05, 0.1) is 12.1 Å². The van der Waals surface area contributed by atoms with Gasteiger partial charge in [0.25, 0.3) is 0 Å². The molecule has 4 aliphatic carbocycles. The largest absolute Gasteiger partial charge is 0.507 e. The standard InChI is InChI=1S/C28H41NO2/c1-19-7-10-25(30)20(16-19)17-29-18-28(31)15-12-24-22-9-8-21-6-4-5-13-26(21,2)23(22)11-14-27(24,28)3/h7,10,16-17,21-24,30-31H,4-6,8-9,11-15,18H2,1-3H3/t21-,22-,23-,24+,26+,27+,28+/m1/s1. The number of phenolic OH excluding ortho intramolecular Hbond substituents is 1. The van der Waals surface area contributed by atoms with Crippen LogP contribution in [0.4, 0.5) is 0 Å². The van der Waals surface area contributed by atoms with E-state index in [0.29, 0.717) is 17.9 Å². The minimum Gasteiger partial charge on any atom is -0.507 e. The van der Waals surface area contributed by atoms with Crippen LogP contribution >= 0.6 is 0 Å². The van der Waals surface area contributed by atoms with Crippen molar-refractivity contribution in [3.05, 3.63) is 29.3 Å². The van der Waals surface area contributed by atoms with E-state index in [-0.39, 0.29) is 11.2 Å². The molecule has 0 amide bonds. The molecule has 5 rings (SSSR count). The maximum Gasteiger partial charge on any atom is 0.124 e. The van der Waals surface area contributed by atoms with Crippen LogP contribution < -0.4 is 0 Å². The van der Waals surface area contributed by atoms with Crippen molar-refractivity contribution in [3.8, 4) is 5.75 Å². The van der Waals surface area contributed by atoms with Gasteiger partial charge < -0.3 is 10.2 Å². The molecule has 170 valence electrons. The summed E-state index contributed by atoms with van der Waals surface area (Å²) in [7, 11) is 0. The van der Waals surface area contributed by atoms with Crippen LogP contribution in [-0.4, -0.2) is 28.6 Å². The highest BCUT2D eigenvalue weighted by molar-refractivity contribution is 5.83. The first kappa shape index (κ1) is 21.5. The Morgan fingerprint density at radius 3 is 2.65 bits per heavy atom. The fraction of sp³-hybridized carbons (Fsp3) is 0.750. The highest BCUT2D eigenvalue weighted by atomic mass is 16.3. The highest BCUT2D eigenvalue weighted by Crippen LogP contribution is 2.68. The number of benzene rings is 1. The van der Waals surface area contributed by atoms with Crippen LogP contribution in [0.3, 0.4) is 0 Å². The first-order valence-corrected chi connectivity index (χ1v) is 12.8. The maximum absolute atomic E-state index is 11.9. The average molecular weight is 424 g/mol. The summed E-state index contributed by atoms with van der Waals surface area (Å²) >= 11 is 0. The molecule has 3 heteroatoms. The Labute approximate surface area is 188 Å². The second-order valence-corrected chi connectivity index (χ2v) is 12.0. The molecule has 1 aromatic carbocycles. The molecule has 0 bridgehead atoms. The van der Waals surface area contributed by atoms with Crippen LogP contribution in [0.1, 0.15) is 89.2 Å². The van der Waals surface area contributed by atoms with E-state index in [1.165, 1.54) is 44.9 Å². The summed E-state index contributed by atoms with van der Waals surface area (Å²) in [6, 6.07) is 5.58. The number of aryl methyl sites for hydroxylation is 1. The van der Waals surface area contributed by atoms with Crippen molar-refractivity contribution >= 4 is 6.21 Å². The third kappa shape index (κ3) is 3.29. The number of rotatable bonds is 3. The smallest absolute Gasteiger partial charge is 0.124 e. The lowest BCUT2D eigenvalue weighted by Gasteiger charge is -2.61. The molecule has 0 saturated heterocycles. The minimum absolute atomic E-state index is 0.0297. The Bertz CT molecular complexity index is 865. The van der Waals surface area contributed by atoms with E-state index in [1.807, 2.05) is 19.1 Å². The molecule has 0 aromatic heterocycles. The van der Waals surface area contributed by atoms with Gasteiger partial charge in [0.1, 0.15) is 5.75 Å². The van der Waals surface area contributed by atoms with Crippen molar-refractivity contribution in [1.29, 1.82) is 0 Å². The van der Waals surface area contributed by atoms with E-state index in [0.717, 1.165) is 48.1 Å². The molecule has 4 fully saturated rings. The van der Waals surface area contributed by atoms with Crippen LogP contribution in [0.15, 0.2) is 23.2 Å². The van der Waals surface area contributed by atoms with Gasteiger partial charge in [-0.15, -0.1) is 0 Å². The monoisotopic (exact) mass is 423 g/mol. The number of fused-ring (bicyclic) bond motifs is 5. The average Bonchev–Trinajstić information content (AvgIpc) is 3.01. The summed E-state index contributed by atoms with van der Waals surface area (Å²) in [5.41, 5.74) is 1.65. The van der Waals surface area contributed by atoms with E-state index in [9.17, 15) is 10.2 Å². The van der Waals surface area contributed by atoms with Gasteiger partial charge in [0.15, 0.2) is 0 Å². The molecule has 4 saturated carbocycles. The molecular formula is C28H41NO2. The lowest BCUT2D eigenvalue weighted by molar-refractivity contribution is -0.147. The predicted octanol–water partition coefficient (Wildman–Crippen LogP) is 6.28. The van der Waals surface area contributed by atoms with Gasteiger partial charge in [0, 0.05) is 17.2 Å². The number of phenols is 1. The number of aromatic hydroxyl groups is 1. The van der Waals surface area contributed by atoms with Crippen molar-refractivity contribution in [2.45, 2.75) is 90.6 Å². The molecule has 0 heterocycles. The van der Waals surface area contributed by atoms with Crippen LogP contribution in [0.2, 0.25) is 0 Å². The highest BCUT2D eigenvalue weighted by Gasteiger charge is 2.64. The predicted molar refractivity (Wildman–Crippen MR) is 127 cm³/mol. The Balaban J connectivity index is 1.35. The van der Waals surface area contributed by atoms with Crippen molar-refractivity contribution in [2.75, 3.05) is 6.54 Å². The van der Waals surface area contributed by atoms with Crippen molar-refractivity contribution in [3.63, 3.8) is 0 Å². The van der Waals surface area contributed by atoms with Crippen LogP contribution in [0.25, 0.3) is 0 Å². The van der Waals surface area contributed by atoms with Gasteiger partial charge >= 0.3 is 0 Å². The number of hydrogen-bond acceptors (Lipinski definition) is 3. The van der Waals surface area contributed by atoms with Gasteiger partial charge in [-0.2, -0.15) is 0 Å². The summed E-state index contributed by atoms with van der Waals surface area (Å²) in [6.07, 6.45) is 14.7. The molecule has 0 spiro atoms. The quantitative estimate of drug-likeness (QED) is 0.562. The van der Waals surface area contributed by atoms with Crippen molar-refractivity contribution < 1.29 is 10.2 Å². The SMILES string of the molecule is Cc1ccc(O)c(C=NC[C@@]2(O)CC[C@H]3[C@@H]4CC[C@H]5CCCC[C@]5(C)[C@@H]4CC[C@@]32C)c1. The number of hydrogen-bond donors (Lipinski definition) is 2. The molecule has 7 atom stereocenters. The van der Waals surface area contributed by atoms with E-state index < -0.39 is 5.60 Å². The number of aliphatic hydroxyl groups is 1. The zero-order valence-electron chi connectivity index (χ0n) is 19.7. The molecule has 2 N–H and O–H groups in total. The summed E-state index contributed by atoms with van der Waals surface area (Å²) in [5, 5.41) is 22.0. The molecule has 31 heavy (non-hydrogen) atoms. The second-order valence-electron chi connectivity index (χ2n) is 12.0. The Morgan fingerprint density at radius 2 is 1.81 bits per heavy atom. The van der Waals surface area contributed by atoms with Crippen molar-refractivity contribution in [2.24, 2.45) is 39.5 Å². The maximum atomic E-state index is 11.9. The first-order chi connectivity index (χ1) is 14.8. The molecule has 0 unspecified atom stereocenters. The topological polar surface area (TPSA) is 52.8 Å². The van der Waals surface area contributed by atoms with Gasteiger partial charge in [-0.1, -0.05) is 38.3 Å². The van der Waals surface area contributed by atoms with Gasteiger partial charge in [-0.25, -0.2) is 0 Å². The van der Waals surface area contributed by atoms with Crippen LogP contribution in [0.5, 0.6) is 5.75 Å². The van der Waals surface area contributed by atoms with Gasteiger partial charge in [0.2, 0.25) is 0 Å². The van der Waals surface area contributed by atoms with Gasteiger partial charge in [-0.3, -0.25) is 4.99 Å². The Kier molecular flexibility index (Phi) is 5.28. The second kappa shape index (κ2) is 7.61. The lowest BCUT2D eigenvalue weighted by atomic mass is 9.44. The van der Waals surface area contributed by atoms with Crippen molar-refractivity contribution in [1.82, 2.24) is 0 Å². The third-order valence-corrected chi connectivity index (χ3v) is 10.7. The summed E-state index contributed by atoms with van der Waals surface area (Å²) in [4.78, 5) is 4.68. The number of aliphatic imine (C=N–C) groups is 1. The molecule has 0 aliphatic heterocycles. The van der Waals surface area contributed by atoms with Gasteiger partial charge in [-0.05, 0) is 99.5 Å². The fourth-order valence-corrected chi connectivity index (χ4v) is 8.74. The van der Waals surface area contributed by atoms with Crippen LogP contribution in [-0.2, 0) is 0 Å². The molecule has 0 radical (unpaired) electrons. The van der Waals surface area contributed by atoms with E-state index in [4.69, 9.17) is 0 Å². The zero-order chi connectivity index (χ0) is 21.9.